The summed E-state index contributed by atoms with van der Waals surface area (Å²) >= 11 is 0. The summed E-state index contributed by atoms with van der Waals surface area (Å²) in [5.41, 5.74) is -0.907. The fraction of sp³-hybridized carbons (Fsp3) is 0.118. The second-order valence-electron chi connectivity index (χ2n) is 6.11. The molecule has 2 N–H and O–H groups in total. The Morgan fingerprint density at radius 3 is 2.24 bits per heavy atom. The molecule has 0 fully saturated rings. The second kappa shape index (κ2) is 9.27. The largest absolute Gasteiger partial charge is 0.481 e. The van der Waals surface area contributed by atoms with Gasteiger partial charge in [0.1, 0.15) is 6.20 Å². The number of hydrogen-bond acceptors (Lipinski definition) is 12. The van der Waals surface area contributed by atoms with E-state index in [0.29, 0.717) is 0 Å². The molecule has 2 aromatic heterocycles. The molecular formula is C17H15N7O8S. The van der Waals surface area contributed by atoms with Crippen molar-refractivity contribution in [1.29, 1.82) is 0 Å². The van der Waals surface area contributed by atoms with Crippen LogP contribution in [0.2, 0.25) is 0 Å². The Balaban J connectivity index is 1.83. The third-order valence-electron chi connectivity index (χ3n) is 4.00. The van der Waals surface area contributed by atoms with Crippen molar-refractivity contribution in [2.24, 2.45) is 0 Å². The van der Waals surface area contributed by atoms with E-state index in [4.69, 9.17) is 9.47 Å². The summed E-state index contributed by atoms with van der Waals surface area (Å²) in [4.78, 5) is 31.7. The number of nitro groups is 2. The number of nitrogens with zero attached hydrogens (tertiary/aromatic N) is 5. The first-order chi connectivity index (χ1) is 15.6. The molecule has 172 valence electrons. The number of anilines is 3. The number of aromatic nitrogens is 3. The van der Waals surface area contributed by atoms with Gasteiger partial charge in [-0.15, -0.1) is 0 Å². The lowest BCUT2D eigenvalue weighted by molar-refractivity contribution is -0.394. The van der Waals surface area contributed by atoms with Gasteiger partial charge in [0.25, 0.3) is 15.7 Å². The maximum absolute atomic E-state index is 12.7. The van der Waals surface area contributed by atoms with E-state index in [1.165, 1.54) is 44.6 Å². The van der Waals surface area contributed by atoms with Gasteiger partial charge in [0.2, 0.25) is 11.7 Å². The van der Waals surface area contributed by atoms with Crippen molar-refractivity contribution in [3.63, 3.8) is 0 Å². The molecule has 3 aromatic rings. The summed E-state index contributed by atoms with van der Waals surface area (Å²) in [5.74, 6) is -0.262. The van der Waals surface area contributed by atoms with Crippen LogP contribution in [0, 0.1) is 20.2 Å². The minimum Gasteiger partial charge on any atom is -0.481 e. The molecule has 33 heavy (non-hydrogen) atoms. The van der Waals surface area contributed by atoms with E-state index in [1.54, 1.807) is 0 Å². The Labute approximate surface area is 185 Å². The smallest absolute Gasteiger partial charge is 0.321 e. The van der Waals surface area contributed by atoms with Crippen molar-refractivity contribution >= 4 is 38.7 Å². The molecule has 0 bridgehead atoms. The third kappa shape index (κ3) is 5.37. The van der Waals surface area contributed by atoms with Crippen LogP contribution in [0.4, 0.5) is 28.7 Å². The summed E-state index contributed by atoms with van der Waals surface area (Å²) in [6.45, 7) is 0. The number of methoxy groups -OCH3 is 2. The molecule has 3 rings (SSSR count). The van der Waals surface area contributed by atoms with Crippen LogP contribution in [0.1, 0.15) is 0 Å². The van der Waals surface area contributed by atoms with Crippen LogP contribution >= 0.6 is 0 Å². The van der Waals surface area contributed by atoms with Gasteiger partial charge in [-0.25, -0.2) is 13.4 Å². The third-order valence-corrected chi connectivity index (χ3v) is 5.37. The topological polar surface area (TPSA) is 202 Å². The Morgan fingerprint density at radius 2 is 1.67 bits per heavy atom. The molecule has 0 saturated heterocycles. The van der Waals surface area contributed by atoms with Crippen molar-refractivity contribution in [3.05, 3.63) is 62.8 Å². The molecule has 1 aromatic carbocycles. The lowest BCUT2D eigenvalue weighted by Crippen LogP contribution is -2.14. The van der Waals surface area contributed by atoms with Gasteiger partial charge >= 0.3 is 11.7 Å². The van der Waals surface area contributed by atoms with Gasteiger partial charge in [-0.05, 0) is 24.3 Å². The zero-order valence-corrected chi connectivity index (χ0v) is 17.8. The molecule has 0 atom stereocenters. The van der Waals surface area contributed by atoms with Crippen LogP contribution in [0.25, 0.3) is 0 Å². The average molecular weight is 477 g/mol. The van der Waals surface area contributed by atoms with E-state index in [2.05, 4.69) is 25.0 Å². The fourth-order valence-electron chi connectivity index (χ4n) is 2.48. The molecular weight excluding hydrogens is 462 g/mol. The number of ether oxygens (including phenoxy) is 2. The Morgan fingerprint density at radius 1 is 0.970 bits per heavy atom. The SMILES string of the molecule is COc1cc(NS(=O)(=O)c2ccc(Nc3ncc([N+](=O)[O-])cc3[N+](=O)[O-])cc2)nc(OC)n1. The van der Waals surface area contributed by atoms with Crippen molar-refractivity contribution in [2.45, 2.75) is 4.90 Å². The summed E-state index contributed by atoms with van der Waals surface area (Å²) in [7, 11) is -1.42. The summed E-state index contributed by atoms with van der Waals surface area (Å²) in [6, 6.07) is 7.06. The summed E-state index contributed by atoms with van der Waals surface area (Å²) in [5, 5.41) is 24.7. The van der Waals surface area contributed by atoms with Crippen molar-refractivity contribution in [1.82, 2.24) is 15.0 Å². The number of nitrogens with one attached hydrogen (secondary N) is 2. The van der Waals surface area contributed by atoms with Gasteiger partial charge < -0.3 is 14.8 Å². The maximum atomic E-state index is 12.7. The first-order valence-electron chi connectivity index (χ1n) is 8.78. The molecule has 0 spiro atoms. The molecule has 0 amide bonds. The zero-order valence-electron chi connectivity index (χ0n) is 17.0. The van der Waals surface area contributed by atoms with Crippen LogP contribution in [0.15, 0.2) is 47.5 Å². The molecule has 16 heteroatoms. The molecule has 2 heterocycles. The zero-order chi connectivity index (χ0) is 24.2. The standard InChI is InChI=1S/C17H15N7O8S/c1-31-15-8-14(20-17(21-15)32-2)22-33(29,30)12-5-3-10(4-6-12)19-16-13(24(27)28)7-11(9-18-16)23(25)26/h3-9H,1-2H3,(H,18,19)(H,20,21,22). The van der Waals surface area contributed by atoms with Gasteiger partial charge in [0.05, 0.1) is 35.0 Å². The average Bonchev–Trinajstić information content (AvgIpc) is 2.78. The van der Waals surface area contributed by atoms with Gasteiger partial charge in [-0.1, -0.05) is 0 Å². The lowest BCUT2D eigenvalue weighted by Gasteiger charge is -2.10. The van der Waals surface area contributed by atoms with E-state index < -0.39 is 31.2 Å². The van der Waals surface area contributed by atoms with Crippen molar-refractivity contribution in [2.75, 3.05) is 24.3 Å². The highest BCUT2D eigenvalue weighted by Gasteiger charge is 2.22. The number of benzene rings is 1. The number of sulfonamides is 1. The predicted molar refractivity (Wildman–Crippen MR) is 113 cm³/mol. The molecule has 0 aliphatic carbocycles. The van der Waals surface area contributed by atoms with E-state index >= 15 is 0 Å². The number of rotatable bonds is 9. The van der Waals surface area contributed by atoms with Gasteiger partial charge in [-0.3, -0.25) is 25.0 Å². The highest BCUT2D eigenvalue weighted by Crippen LogP contribution is 2.29. The monoisotopic (exact) mass is 477 g/mol. The van der Waals surface area contributed by atoms with E-state index in [9.17, 15) is 28.6 Å². The molecule has 0 unspecified atom stereocenters. The first-order valence-corrected chi connectivity index (χ1v) is 10.3. The van der Waals surface area contributed by atoms with Crippen LogP contribution in [-0.4, -0.2) is 47.4 Å². The summed E-state index contributed by atoms with van der Waals surface area (Å²) in [6.07, 6.45) is 0.863. The van der Waals surface area contributed by atoms with Crippen molar-refractivity contribution < 1.29 is 27.7 Å². The Bertz CT molecular complexity index is 1290. The Kier molecular flexibility index (Phi) is 6.48. The molecule has 0 aliphatic heterocycles. The minimum atomic E-state index is -4.07. The van der Waals surface area contributed by atoms with E-state index in [-0.39, 0.29) is 34.1 Å². The molecule has 0 aliphatic rings. The molecule has 0 radical (unpaired) electrons. The second-order valence-corrected chi connectivity index (χ2v) is 7.79. The normalized spacial score (nSPS) is 10.8. The molecule has 15 nitrogen and oxygen atoms in total. The quantitative estimate of drug-likeness (QED) is 0.336. The van der Waals surface area contributed by atoms with Crippen molar-refractivity contribution in [3.8, 4) is 11.9 Å². The van der Waals surface area contributed by atoms with Gasteiger partial charge in [-0.2, -0.15) is 9.97 Å². The number of pyridine rings is 1. The van der Waals surface area contributed by atoms with Gasteiger partial charge in [0.15, 0.2) is 5.82 Å². The first kappa shape index (κ1) is 23.1. The van der Waals surface area contributed by atoms with Crippen LogP contribution in [0.5, 0.6) is 11.9 Å². The van der Waals surface area contributed by atoms with Crippen LogP contribution in [0.3, 0.4) is 0 Å². The van der Waals surface area contributed by atoms with E-state index in [1.807, 2.05) is 0 Å². The van der Waals surface area contributed by atoms with Crippen LogP contribution < -0.4 is 19.5 Å². The highest BCUT2D eigenvalue weighted by atomic mass is 32.2. The van der Waals surface area contributed by atoms with Gasteiger partial charge in [0, 0.05) is 11.8 Å². The summed E-state index contributed by atoms with van der Waals surface area (Å²) < 4.78 is 37.5. The highest BCUT2D eigenvalue weighted by molar-refractivity contribution is 7.92. The minimum absolute atomic E-state index is 0.0799. The Hall–Kier alpha value is -4.60. The molecule has 0 saturated carbocycles. The lowest BCUT2D eigenvalue weighted by atomic mass is 10.3. The number of hydrogen-bond donors (Lipinski definition) is 2. The maximum Gasteiger partial charge on any atom is 0.321 e. The van der Waals surface area contributed by atoms with E-state index in [0.717, 1.165) is 12.3 Å². The predicted octanol–water partition coefficient (Wildman–Crippen LogP) is 2.25. The fourth-order valence-corrected chi connectivity index (χ4v) is 3.47. The van der Waals surface area contributed by atoms with Crippen LogP contribution in [-0.2, 0) is 10.0 Å².